The highest BCUT2D eigenvalue weighted by Gasteiger charge is 2.36. The van der Waals surface area contributed by atoms with Crippen LogP contribution >= 0.6 is 11.6 Å². The number of pyridine rings is 1. The highest BCUT2D eigenvalue weighted by atomic mass is 35.5. The number of carbonyl (C=O) groups is 1. The lowest BCUT2D eigenvalue weighted by molar-refractivity contribution is -0.141. The molecule has 3 rings (SSSR count). The van der Waals surface area contributed by atoms with E-state index in [4.69, 9.17) is 11.6 Å². The van der Waals surface area contributed by atoms with Crippen molar-refractivity contribution in [3.8, 4) is 0 Å². The van der Waals surface area contributed by atoms with Gasteiger partial charge in [-0.05, 0) is 29.7 Å². The maximum absolute atomic E-state index is 12.5. The van der Waals surface area contributed by atoms with Crippen LogP contribution in [0.2, 0.25) is 5.15 Å². The van der Waals surface area contributed by atoms with Crippen LogP contribution in [0.1, 0.15) is 33.1 Å². The number of nitrogens with zero attached hydrogens (tertiary/aromatic N) is 1. The Bertz CT molecular complexity index is 727. The van der Waals surface area contributed by atoms with Gasteiger partial charge in [-0.15, -0.1) is 0 Å². The first kappa shape index (κ1) is 14.1. The highest BCUT2D eigenvalue weighted by Crippen LogP contribution is 2.38. The first-order valence-electron chi connectivity index (χ1n) is 6.23. The molecule has 0 aliphatic heterocycles. The Kier molecular flexibility index (Phi) is 3.24. The Morgan fingerprint density at radius 3 is 2.52 bits per heavy atom. The number of carbonyl (C=O) groups excluding carboxylic acids is 1. The van der Waals surface area contributed by atoms with Crippen LogP contribution in [0.3, 0.4) is 0 Å². The Labute approximate surface area is 123 Å². The van der Waals surface area contributed by atoms with E-state index in [1.807, 2.05) is 24.3 Å². The Hall–Kier alpha value is -1.88. The Balaban J connectivity index is 1.91. The number of aromatic nitrogens is 1. The zero-order valence-electron chi connectivity index (χ0n) is 10.6. The van der Waals surface area contributed by atoms with Gasteiger partial charge in [0.25, 0.3) is 0 Å². The van der Waals surface area contributed by atoms with Crippen LogP contribution in [-0.4, -0.2) is 10.8 Å². The fourth-order valence-corrected chi connectivity index (χ4v) is 2.70. The number of alkyl halides is 3. The van der Waals surface area contributed by atoms with Gasteiger partial charge >= 0.3 is 6.18 Å². The largest absolute Gasteiger partial charge is 0.433 e. The molecule has 1 aromatic heterocycles. The molecule has 21 heavy (non-hydrogen) atoms. The molecule has 2 aromatic rings. The van der Waals surface area contributed by atoms with Crippen molar-refractivity contribution in [3.63, 3.8) is 0 Å². The number of hydrogen-bond acceptors (Lipinski definition) is 2. The standard InChI is InChI=1S/C15H9ClF3NO/c16-14-10(5-6-12(20-14)15(17,18)19)13(21)11-7-8-3-1-2-4-9(8)11/h1-6,11H,7H2. The van der Waals surface area contributed by atoms with Crippen LogP contribution in [0.25, 0.3) is 0 Å². The number of Topliss-reactive ketones (excluding diaryl/α,β-unsaturated/α-hetero) is 1. The summed E-state index contributed by atoms with van der Waals surface area (Å²) < 4.78 is 37.6. The average molecular weight is 312 g/mol. The molecule has 0 radical (unpaired) electrons. The summed E-state index contributed by atoms with van der Waals surface area (Å²) >= 11 is 5.75. The molecule has 0 saturated heterocycles. The number of fused-ring (bicyclic) bond motifs is 1. The van der Waals surface area contributed by atoms with Crippen LogP contribution in [0.4, 0.5) is 13.2 Å². The van der Waals surface area contributed by atoms with Gasteiger partial charge in [-0.25, -0.2) is 4.98 Å². The number of rotatable bonds is 2. The van der Waals surface area contributed by atoms with Gasteiger partial charge < -0.3 is 0 Å². The molecule has 0 spiro atoms. The van der Waals surface area contributed by atoms with Crippen LogP contribution in [0.5, 0.6) is 0 Å². The second-order valence-electron chi connectivity index (χ2n) is 4.85. The first-order chi connectivity index (χ1) is 9.88. The summed E-state index contributed by atoms with van der Waals surface area (Å²) in [5.74, 6) is -0.642. The summed E-state index contributed by atoms with van der Waals surface area (Å²) in [5, 5.41) is -0.404. The van der Waals surface area contributed by atoms with E-state index < -0.39 is 17.0 Å². The van der Waals surface area contributed by atoms with Gasteiger partial charge in [0, 0.05) is 0 Å². The van der Waals surface area contributed by atoms with Crippen molar-refractivity contribution in [2.75, 3.05) is 0 Å². The van der Waals surface area contributed by atoms with E-state index in [1.54, 1.807) is 0 Å². The fourth-order valence-electron chi connectivity index (χ4n) is 2.46. The van der Waals surface area contributed by atoms with Crippen LogP contribution in [0, 0.1) is 0 Å². The lowest BCUT2D eigenvalue weighted by Crippen LogP contribution is -2.25. The van der Waals surface area contributed by atoms with Crippen molar-refractivity contribution in [2.45, 2.75) is 18.5 Å². The van der Waals surface area contributed by atoms with Crippen LogP contribution in [0.15, 0.2) is 36.4 Å². The van der Waals surface area contributed by atoms with Gasteiger partial charge in [-0.1, -0.05) is 35.9 Å². The molecule has 2 nitrogen and oxygen atoms in total. The van der Waals surface area contributed by atoms with Gasteiger partial charge in [0.2, 0.25) is 0 Å². The third kappa shape index (κ3) is 2.42. The third-order valence-corrected chi connectivity index (χ3v) is 3.86. The number of halogens is 4. The molecule has 1 heterocycles. The van der Waals surface area contributed by atoms with Crippen molar-refractivity contribution in [1.29, 1.82) is 0 Å². The lowest BCUT2D eigenvalue weighted by atomic mass is 9.74. The van der Waals surface area contributed by atoms with Crippen molar-refractivity contribution in [2.24, 2.45) is 0 Å². The predicted octanol–water partition coefficient (Wildman–Crippen LogP) is 4.28. The summed E-state index contributed by atoms with van der Waals surface area (Å²) in [6, 6.07) is 9.35. The second kappa shape index (κ2) is 4.84. The topological polar surface area (TPSA) is 30.0 Å². The molecule has 0 N–H and O–H groups in total. The summed E-state index contributed by atoms with van der Waals surface area (Å²) in [7, 11) is 0. The smallest absolute Gasteiger partial charge is 0.293 e. The molecule has 1 atom stereocenters. The summed E-state index contributed by atoms with van der Waals surface area (Å²) in [6.45, 7) is 0. The molecule has 1 aliphatic carbocycles. The van der Waals surface area contributed by atoms with Crippen molar-refractivity contribution in [3.05, 3.63) is 63.9 Å². The van der Waals surface area contributed by atoms with Gasteiger partial charge in [0.15, 0.2) is 5.78 Å². The van der Waals surface area contributed by atoms with Crippen molar-refractivity contribution >= 4 is 17.4 Å². The lowest BCUT2D eigenvalue weighted by Gasteiger charge is -2.29. The Morgan fingerprint density at radius 1 is 1.19 bits per heavy atom. The SMILES string of the molecule is O=C(c1ccc(C(F)(F)F)nc1Cl)C1Cc2ccccc21. The molecule has 1 aliphatic rings. The summed E-state index contributed by atoms with van der Waals surface area (Å²) in [5.41, 5.74) is 0.910. The number of hydrogen-bond donors (Lipinski definition) is 0. The van der Waals surface area contributed by atoms with Gasteiger partial charge in [0.05, 0.1) is 11.5 Å². The maximum atomic E-state index is 12.5. The zero-order valence-corrected chi connectivity index (χ0v) is 11.4. The summed E-state index contributed by atoms with van der Waals surface area (Å²) in [6.07, 6.45) is -4.00. The monoisotopic (exact) mass is 311 g/mol. The molecular formula is C15H9ClF3NO. The van der Waals surface area contributed by atoms with Crippen LogP contribution < -0.4 is 0 Å². The first-order valence-corrected chi connectivity index (χ1v) is 6.61. The van der Waals surface area contributed by atoms with E-state index in [0.29, 0.717) is 6.42 Å². The number of benzene rings is 1. The average Bonchev–Trinajstić information content (AvgIpc) is 2.38. The minimum atomic E-state index is -4.58. The Morgan fingerprint density at radius 2 is 1.90 bits per heavy atom. The van der Waals surface area contributed by atoms with Crippen molar-refractivity contribution in [1.82, 2.24) is 4.98 Å². The second-order valence-corrected chi connectivity index (χ2v) is 5.21. The van der Waals surface area contributed by atoms with Gasteiger partial charge in [-0.3, -0.25) is 4.79 Å². The minimum Gasteiger partial charge on any atom is -0.293 e. The molecule has 0 saturated carbocycles. The minimum absolute atomic E-state index is 0.0316. The zero-order chi connectivity index (χ0) is 15.2. The van der Waals surface area contributed by atoms with E-state index in [-0.39, 0.29) is 17.3 Å². The fraction of sp³-hybridized carbons (Fsp3) is 0.200. The molecule has 6 heteroatoms. The van der Waals surface area contributed by atoms with E-state index in [0.717, 1.165) is 23.3 Å². The van der Waals surface area contributed by atoms with Crippen molar-refractivity contribution < 1.29 is 18.0 Å². The van der Waals surface area contributed by atoms with E-state index in [2.05, 4.69) is 4.98 Å². The summed E-state index contributed by atoms with van der Waals surface area (Å²) in [4.78, 5) is 15.6. The van der Waals surface area contributed by atoms with E-state index in [1.165, 1.54) is 0 Å². The predicted molar refractivity (Wildman–Crippen MR) is 71.5 cm³/mol. The number of ketones is 1. The normalized spacial score (nSPS) is 17.0. The molecule has 1 aromatic carbocycles. The molecule has 0 bridgehead atoms. The van der Waals surface area contributed by atoms with Gasteiger partial charge in [-0.2, -0.15) is 13.2 Å². The maximum Gasteiger partial charge on any atom is 0.433 e. The van der Waals surface area contributed by atoms with Gasteiger partial charge in [0.1, 0.15) is 10.8 Å². The third-order valence-electron chi connectivity index (χ3n) is 3.58. The van der Waals surface area contributed by atoms with E-state index in [9.17, 15) is 18.0 Å². The molecule has 0 amide bonds. The quantitative estimate of drug-likeness (QED) is 0.612. The van der Waals surface area contributed by atoms with Crippen LogP contribution in [-0.2, 0) is 12.6 Å². The highest BCUT2D eigenvalue weighted by molar-refractivity contribution is 6.33. The molecular weight excluding hydrogens is 303 g/mol. The molecule has 0 fully saturated rings. The van der Waals surface area contributed by atoms with E-state index >= 15 is 0 Å². The molecule has 1 unspecified atom stereocenters. The molecule has 108 valence electrons.